The molecule has 0 atom stereocenters. The summed E-state index contributed by atoms with van der Waals surface area (Å²) in [6.45, 7) is 10.4. The number of carboxylic acid groups (broad SMARTS) is 1. The Kier molecular flexibility index (Phi) is 10.3. The van der Waals surface area contributed by atoms with Gasteiger partial charge in [0.15, 0.2) is 0 Å². The van der Waals surface area contributed by atoms with E-state index >= 15 is 0 Å². The summed E-state index contributed by atoms with van der Waals surface area (Å²) >= 11 is 0. The van der Waals surface area contributed by atoms with Gasteiger partial charge >= 0.3 is 5.97 Å². The van der Waals surface area contributed by atoms with Crippen LogP contribution in [0.2, 0.25) is 0 Å². The van der Waals surface area contributed by atoms with Crippen molar-refractivity contribution in [3.05, 3.63) is 54.1 Å². The lowest BCUT2D eigenvalue weighted by atomic mass is 10.0. The Labute approximate surface area is 202 Å². The van der Waals surface area contributed by atoms with E-state index in [0.29, 0.717) is 26.4 Å². The van der Waals surface area contributed by atoms with Crippen molar-refractivity contribution in [2.75, 3.05) is 72.7 Å². The van der Waals surface area contributed by atoms with E-state index in [2.05, 4.69) is 12.2 Å². The van der Waals surface area contributed by atoms with Crippen LogP contribution >= 0.6 is 0 Å². The van der Waals surface area contributed by atoms with Gasteiger partial charge in [0.25, 0.3) is 0 Å². The quantitative estimate of drug-likeness (QED) is 0.249. The predicted octanol–water partition coefficient (Wildman–Crippen LogP) is 2.64. The Hall–Kier alpha value is -2.49. The summed E-state index contributed by atoms with van der Waals surface area (Å²) < 4.78 is 12.1. The van der Waals surface area contributed by atoms with Gasteiger partial charge in [0.2, 0.25) is 0 Å². The van der Waals surface area contributed by atoms with Crippen LogP contribution in [0.3, 0.4) is 0 Å². The molecule has 186 valence electrons. The Morgan fingerprint density at radius 2 is 1.65 bits per heavy atom. The average Bonchev–Trinajstić information content (AvgIpc) is 2.87. The van der Waals surface area contributed by atoms with E-state index in [1.165, 1.54) is 5.06 Å². The highest BCUT2D eigenvalue weighted by Crippen LogP contribution is 2.23. The molecule has 3 rings (SSSR count). The first-order valence-corrected chi connectivity index (χ1v) is 12.0. The number of hydroxylamine groups is 2. The number of benzene rings is 2. The van der Waals surface area contributed by atoms with Crippen molar-refractivity contribution in [3.8, 4) is 16.9 Å². The Balaban J connectivity index is 1.44. The SMILES string of the molecule is CC[N+]1(CCOCCON(CC(=O)O)Cc2ccc(-c3ccc(OC)cc3)cc2)CCNCC1. The molecule has 0 unspecified atom stereocenters. The molecule has 0 saturated carbocycles. The van der Waals surface area contributed by atoms with Crippen molar-refractivity contribution in [1.29, 1.82) is 0 Å². The van der Waals surface area contributed by atoms with Gasteiger partial charge in [-0.3, -0.25) is 9.63 Å². The number of quaternary nitrogens is 1. The van der Waals surface area contributed by atoms with Crippen LogP contribution in [0.15, 0.2) is 48.5 Å². The zero-order valence-electron chi connectivity index (χ0n) is 20.4. The number of ether oxygens (including phenoxy) is 2. The number of aliphatic carboxylic acids is 1. The highest BCUT2D eigenvalue weighted by atomic mass is 16.7. The molecule has 2 aromatic rings. The number of carbonyl (C=O) groups is 1. The molecule has 1 aliphatic rings. The molecule has 34 heavy (non-hydrogen) atoms. The number of piperazine rings is 1. The van der Waals surface area contributed by atoms with Gasteiger partial charge in [-0.2, -0.15) is 5.06 Å². The molecule has 0 aliphatic carbocycles. The average molecular weight is 473 g/mol. The van der Waals surface area contributed by atoms with E-state index in [-0.39, 0.29) is 6.54 Å². The first-order chi connectivity index (χ1) is 16.5. The molecule has 1 fully saturated rings. The summed E-state index contributed by atoms with van der Waals surface area (Å²) in [5.74, 6) is -0.107. The van der Waals surface area contributed by atoms with Gasteiger partial charge in [0.05, 0.1) is 46.6 Å². The van der Waals surface area contributed by atoms with Crippen molar-refractivity contribution in [2.24, 2.45) is 0 Å². The van der Waals surface area contributed by atoms with Crippen LogP contribution in [-0.4, -0.2) is 93.4 Å². The van der Waals surface area contributed by atoms with Gasteiger partial charge < -0.3 is 24.4 Å². The third-order valence-corrected chi connectivity index (χ3v) is 6.46. The number of hydrogen-bond donors (Lipinski definition) is 2. The van der Waals surface area contributed by atoms with Gasteiger partial charge in [-0.15, -0.1) is 0 Å². The summed E-state index contributed by atoms with van der Waals surface area (Å²) in [7, 11) is 1.65. The number of methoxy groups -OCH3 is 1. The van der Waals surface area contributed by atoms with E-state index in [4.69, 9.17) is 14.3 Å². The van der Waals surface area contributed by atoms with Gasteiger partial charge in [-0.25, -0.2) is 0 Å². The molecule has 8 heteroatoms. The minimum Gasteiger partial charge on any atom is -0.497 e. The lowest BCUT2D eigenvalue weighted by molar-refractivity contribution is -0.928. The number of nitrogens with zero attached hydrogens (tertiary/aromatic N) is 2. The number of nitrogens with one attached hydrogen (secondary N) is 1. The minimum absolute atomic E-state index is 0.191. The Morgan fingerprint density at radius 1 is 1.00 bits per heavy atom. The molecule has 1 aliphatic heterocycles. The van der Waals surface area contributed by atoms with Crippen molar-refractivity contribution in [3.63, 3.8) is 0 Å². The Bertz CT molecular complexity index is 867. The highest BCUT2D eigenvalue weighted by molar-refractivity contribution is 5.69. The van der Waals surface area contributed by atoms with Crippen LogP contribution in [0.25, 0.3) is 11.1 Å². The lowest BCUT2D eigenvalue weighted by Gasteiger charge is -2.40. The van der Waals surface area contributed by atoms with Gasteiger partial charge in [0, 0.05) is 19.6 Å². The topological polar surface area (TPSA) is 80.3 Å². The van der Waals surface area contributed by atoms with Crippen LogP contribution in [-0.2, 0) is 20.9 Å². The molecule has 0 radical (unpaired) electrons. The number of hydrogen-bond acceptors (Lipinski definition) is 6. The first-order valence-electron chi connectivity index (χ1n) is 12.0. The molecule has 0 aromatic heterocycles. The standard InChI is InChI=1S/C26H37N3O5/c1-3-29(14-12-27-13-15-29)16-17-33-18-19-34-28(21-26(30)31)20-22-4-6-23(7-5-22)24-8-10-25(32-2)11-9-24/h4-11,27H,3,12-21H2,1-2H3/p+1. The van der Waals surface area contributed by atoms with Gasteiger partial charge in [-0.05, 0) is 35.7 Å². The van der Waals surface area contributed by atoms with Crippen molar-refractivity contribution < 1.29 is 28.7 Å². The van der Waals surface area contributed by atoms with Crippen LogP contribution in [0.5, 0.6) is 5.75 Å². The van der Waals surface area contributed by atoms with E-state index in [1.54, 1.807) is 7.11 Å². The summed E-state index contributed by atoms with van der Waals surface area (Å²) in [5, 5.41) is 14.2. The maximum absolute atomic E-state index is 11.3. The normalized spacial score (nSPS) is 15.4. The summed E-state index contributed by atoms with van der Waals surface area (Å²) in [6.07, 6.45) is 0. The fraction of sp³-hybridized carbons (Fsp3) is 0.500. The third kappa shape index (κ3) is 8.07. The Morgan fingerprint density at radius 3 is 2.24 bits per heavy atom. The fourth-order valence-corrected chi connectivity index (χ4v) is 4.24. The monoisotopic (exact) mass is 472 g/mol. The van der Waals surface area contributed by atoms with Gasteiger partial charge in [0.1, 0.15) is 18.8 Å². The van der Waals surface area contributed by atoms with Crippen molar-refractivity contribution >= 4 is 5.97 Å². The second kappa shape index (κ2) is 13.4. The summed E-state index contributed by atoms with van der Waals surface area (Å²) in [5.41, 5.74) is 3.16. The van der Waals surface area contributed by atoms with E-state index in [0.717, 1.165) is 66.2 Å². The van der Waals surface area contributed by atoms with Crippen LogP contribution < -0.4 is 10.1 Å². The highest BCUT2D eigenvalue weighted by Gasteiger charge is 2.27. The molecular formula is C26H38N3O5+. The molecule has 2 aromatic carbocycles. The number of rotatable bonds is 14. The minimum atomic E-state index is -0.927. The molecule has 1 heterocycles. The van der Waals surface area contributed by atoms with E-state index in [1.807, 2.05) is 48.5 Å². The number of likely N-dealkylation sites (N-methyl/N-ethyl adjacent to an activating group) is 1. The lowest BCUT2D eigenvalue weighted by Crippen LogP contribution is -2.59. The molecule has 0 amide bonds. The van der Waals surface area contributed by atoms with Crippen LogP contribution in [0, 0.1) is 0 Å². The zero-order valence-corrected chi connectivity index (χ0v) is 20.4. The predicted molar refractivity (Wildman–Crippen MR) is 132 cm³/mol. The molecule has 0 bridgehead atoms. The van der Waals surface area contributed by atoms with E-state index in [9.17, 15) is 9.90 Å². The third-order valence-electron chi connectivity index (χ3n) is 6.46. The smallest absolute Gasteiger partial charge is 0.320 e. The van der Waals surface area contributed by atoms with Crippen LogP contribution in [0.4, 0.5) is 0 Å². The summed E-state index contributed by atoms with van der Waals surface area (Å²) in [4.78, 5) is 17.0. The molecule has 0 spiro atoms. The molecule has 2 N–H and O–H groups in total. The molecule has 1 saturated heterocycles. The van der Waals surface area contributed by atoms with Crippen molar-refractivity contribution in [1.82, 2.24) is 10.4 Å². The molecule has 8 nitrogen and oxygen atoms in total. The first kappa shape index (κ1) is 26.1. The zero-order chi connectivity index (χ0) is 24.2. The van der Waals surface area contributed by atoms with Crippen molar-refractivity contribution in [2.45, 2.75) is 13.5 Å². The van der Waals surface area contributed by atoms with Gasteiger partial charge in [-0.1, -0.05) is 36.4 Å². The maximum Gasteiger partial charge on any atom is 0.320 e. The number of carboxylic acids is 1. The fourth-order valence-electron chi connectivity index (χ4n) is 4.24. The summed E-state index contributed by atoms with van der Waals surface area (Å²) in [6, 6.07) is 15.9. The van der Waals surface area contributed by atoms with E-state index < -0.39 is 5.97 Å². The van der Waals surface area contributed by atoms with Crippen LogP contribution in [0.1, 0.15) is 12.5 Å². The largest absolute Gasteiger partial charge is 0.497 e. The second-order valence-corrected chi connectivity index (χ2v) is 8.64. The maximum atomic E-state index is 11.3. The molecular weight excluding hydrogens is 434 g/mol. The second-order valence-electron chi connectivity index (χ2n) is 8.64.